The van der Waals surface area contributed by atoms with Crippen LogP contribution in [-0.2, 0) is 9.59 Å². The molecule has 0 aromatic carbocycles. The van der Waals surface area contributed by atoms with Crippen LogP contribution in [0.15, 0.2) is 0 Å². The number of hydrogen-bond acceptors (Lipinski definition) is 3. The van der Waals surface area contributed by atoms with Crippen molar-refractivity contribution in [1.29, 1.82) is 0 Å². The fourth-order valence-electron chi connectivity index (χ4n) is 3.29. The zero-order chi connectivity index (χ0) is 14.7. The van der Waals surface area contributed by atoms with Gasteiger partial charge in [0, 0.05) is 45.1 Å². The molecule has 5 nitrogen and oxygen atoms in total. The lowest BCUT2D eigenvalue weighted by atomic mass is 9.79. The fraction of sp³-hybridized carbons (Fsp3) is 0.867. The van der Waals surface area contributed by atoms with Gasteiger partial charge in [-0.15, -0.1) is 0 Å². The summed E-state index contributed by atoms with van der Waals surface area (Å²) in [6, 6.07) is 0.151. The van der Waals surface area contributed by atoms with Crippen LogP contribution in [0.4, 0.5) is 0 Å². The maximum Gasteiger partial charge on any atom is 0.225 e. The Labute approximate surface area is 121 Å². The van der Waals surface area contributed by atoms with Crippen molar-refractivity contribution >= 4 is 11.8 Å². The molecule has 1 heterocycles. The van der Waals surface area contributed by atoms with E-state index in [1.165, 1.54) is 0 Å². The first-order chi connectivity index (χ1) is 9.49. The van der Waals surface area contributed by atoms with E-state index in [2.05, 4.69) is 6.92 Å². The highest BCUT2D eigenvalue weighted by atomic mass is 16.2. The van der Waals surface area contributed by atoms with E-state index in [0.29, 0.717) is 19.0 Å². The molecule has 3 atom stereocenters. The van der Waals surface area contributed by atoms with E-state index in [0.717, 1.165) is 38.8 Å². The smallest absolute Gasteiger partial charge is 0.225 e. The molecular weight excluding hydrogens is 254 g/mol. The van der Waals surface area contributed by atoms with Crippen molar-refractivity contribution in [1.82, 2.24) is 9.80 Å². The molecule has 20 heavy (non-hydrogen) atoms. The SMILES string of the molecule is CC(=O)N1CCCN(C(=O)C2CCC(C)C(N)C2)CC1. The standard InChI is InChI=1S/C15H27N3O2/c1-11-4-5-13(10-14(11)16)15(20)18-7-3-6-17(8-9-18)12(2)19/h11,13-14H,3-10,16H2,1-2H3. The maximum absolute atomic E-state index is 12.6. The normalized spacial score (nSPS) is 31.9. The summed E-state index contributed by atoms with van der Waals surface area (Å²) < 4.78 is 0. The molecule has 114 valence electrons. The predicted octanol–water partition coefficient (Wildman–Crippen LogP) is 0.831. The van der Waals surface area contributed by atoms with Crippen molar-refractivity contribution in [2.75, 3.05) is 26.2 Å². The minimum Gasteiger partial charge on any atom is -0.341 e. The van der Waals surface area contributed by atoms with Gasteiger partial charge in [0.15, 0.2) is 0 Å². The lowest BCUT2D eigenvalue weighted by Crippen LogP contribution is -2.44. The Morgan fingerprint density at radius 2 is 1.70 bits per heavy atom. The summed E-state index contributed by atoms with van der Waals surface area (Å²) in [6.45, 7) is 6.63. The largest absolute Gasteiger partial charge is 0.341 e. The van der Waals surface area contributed by atoms with Gasteiger partial charge in [0.25, 0.3) is 0 Å². The molecule has 1 saturated heterocycles. The highest BCUT2D eigenvalue weighted by Gasteiger charge is 2.32. The number of carbonyl (C=O) groups is 2. The minimum absolute atomic E-state index is 0.0880. The molecule has 1 aliphatic carbocycles. The van der Waals surface area contributed by atoms with E-state index in [4.69, 9.17) is 5.73 Å². The summed E-state index contributed by atoms with van der Waals surface area (Å²) in [5, 5.41) is 0. The van der Waals surface area contributed by atoms with Crippen LogP contribution < -0.4 is 5.73 Å². The predicted molar refractivity (Wildman–Crippen MR) is 77.9 cm³/mol. The van der Waals surface area contributed by atoms with Gasteiger partial charge in [-0.2, -0.15) is 0 Å². The van der Waals surface area contributed by atoms with Gasteiger partial charge >= 0.3 is 0 Å². The molecule has 3 unspecified atom stereocenters. The Morgan fingerprint density at radius 1 is 1.05 bits per heavy atom. The fourth-order valence-corrected chi connectivity index (χ4v) is 3.29. The number of nitrogens with zero attached hydrogens (tertiary/aromatic N) is 2. The Bertz CT molecular complexity index is 372. The van der Waals surface area contributed by atoms with Crippen LogP contribution in [0.3, 0.4) is 0 Å². The Hall–Kier alpha value is -1.10. The second kappa shape index (κ2) is 6.57. The summed E-state index contributed by atoms with van der Waals surface area (Å²) in [5.74, 6) is 0.965. The summed E-state index contributed by atoms with van der Waals surface area (Å²) in [4.78, 5) is 27.8. The first-order valence-corrected chi connectivity index (χ1v) is 7.79. The first kappa shape index (κ1) is 15.3. The van der Waals surface area contributed by atoms with E-state index < -0.39 is 0 Å². The summed E-state index contributed by atoms with van der Waals surface area (Å²) in [7, 11) is 0. The average molecular weight is 281 g/mol. The van der Waals surface area contributed by atoms with E-state index in [1.807, 2.05) is 9.80 Å². The van der Waals surface area contributed by atoms with Crippen LogP contribution in [0.25, 0.3) is 0 Å². The maximum atomic E-state index is 12.6. The molecule has 1 saturated carbocycles. The van der Waals surface area contributed by atoms with E-state index in [-0.39, 0.29) is 23.8 Å². The van der Waals surface area contributed by atoms with Gasteiger partial charge in [0.05, 0.1) is 0 Å². The van der Waals surface area contributed by atoms with Gasteiger partial charge in [0.1, 0.15) is 0 Å². The van der Waals surface area contributed by atoms with Gasteiger partial charge in [-0.05, 0) is 31.6 Å². The number of hydrogen-bond donors (Lipinski definition) is 1. The molecule has 1 aliphatic heterocycles. The summed E-state index contributed by atoms with van der Waals surface area (Å²) >= 11 is 0. The van der Waals surface area contributed by atoms with Crippen LogP contribution in [-0.4, -0.2) is 53.8 Å². The number of rotatable bonds is 1. The van der Waals surface area contributed by atoms with Crippen LogP contribution >= 0.6 is 0 Å². The van der Waals surface area contributed by atoms with E-state index >= 15 is 0 Å². The van der Waals surface area contributed by atoms with Crippen LogP contribution in [0.1, 0.15) is 39.5 Å². The molecule has 2 fully saturated rings. The van der Waals surface area contributed by atoms with Crippen molar-refractivity contribution in [3.8, 4) is 0 Å². The van der Waals surface area contributed by atoms with Crippen LogP contribution in [0.5, 0.6) is 0 Å². The van der Waals surface area contributed by atoms with E-state index in [9.17, 15) is 9.59 Å². The van der Waals surface area contributed by atoms with Gasteiger partial charge in [0.2, 0.25) is 11.8 Å². The molecule has 2 N–H and O–H groups in total. The third-order valence-electron chi connectivity index (χ3n) is 4.86. The average Bonchev–Trinajstić information content (AvgIpc) is 2.67. The molecule has 0 bridgehead atoms. The Morgan fingerprint density at radius 3 is 2.35 bits per heavy atom. The van der Waals surface area contributed by atoms with Crippen molar-refractivity contribution in [2.45, 2.75) is 45.6 Å². The van der Waals surface area contributed by atoms with Crippen LogP contribution in [0.2, 0.25) is 0 Å². The highest BCUT2D eigenvalue weighted by Crippen LogP contribution is 2.29. The lowest BCUT2D eigenvalue weighted by Gasteiger charge is -2.34. The third kappa shape index (κ3) is 3.51. The molecule has 0 radical (unpaired) electrons. The third-order valence-corrected chi connectivity index (χ3v) is 4.86. The molecule has 5 heteroatoms. The first-order valence-electron chi connectivity index (χ1n) is 7.79. The number of carbonyl (C=O) groups excluding carboxylic acids is 2. The molecule has 0 spiro atoms. The summed E-state index contributed by atoms with van der Waals surface area (Å²) in [6.07, 6.45) is 3.69. The van der Waals surface area contributed by atoms with Crippen molar-refractivity contribution in [2.24, 2.45) is 17.6 Å². The second-order valence-electron chi connectivity index (χ2n) is 6.34. The highest BCUT2D eigenvalue weighted by molar-refractivity contribution is 5.79. The van der Waals surface area contributed by atoms with Gasteiger partial charge < -0.3 is 15.5 Å². The molecule has 2 amide bonds. The molecule has 0 aromatic rings. The number of amides is 2. The van der Waals surface area contributed by atoms with Gasteiger partial charge in [-0.1, -0.05) is 6.92 Å². The molecular formula is C15H27N3O2. The second-order valence-corrected chi connectivity index (χ2v) is 6.34. The van der Waals surface area contributed by atoms with Crippen molar-refractivity contribution in [3.05, 3.63) is 0 Å². The van der Waals surface area contributed by atoms with Gasteiger partial charge in [-0.3, -0.25) is 9.59 Å². The topological polar surface area (TPSA) is 66.6 Å². The summed E-state index contributed by atoms with van der Waals surface area (Å²) in [5.41, 5.74) is 6.11. The minimum atomic E-state index is 0.0880. The quantitative estimate of drug-likeness (QED) is 0.774. The van der Waals surface area contributed by atoms with Gasteiger partial charge in [-0.25, -0.2) is 0 Å². The molecule has 2 rings (SSSR count). The lowest BCUT2D eigenvalue weighted by molar-refractivity contribution is -0.137. The zero-order valence-electron chi connectivity index (χ0n) is 12.7. The Balaban J connectivity index is 1.91. The van der Waals surface area contributed by atoms with Crippen molar-refractivity contribution in [3.63, 3.8) is 0 Å². The number of nitrogens with two attached hydrogens (primary N) is 1. The molecule has 2 aliphatic rings. The van der Waals surface area contributed by atoms with Crippen LogP contribution in [0, 0.1) is 11.8 Å². The zero-order valence-corrected chi connectivity index (χ0v) is 12.7. The monoisotopic (exact) mass is 281 g/mol. The van der Waals surface area contributed by atoms with Crippen molar-refractivity contribution < 1.29 is 9.59 Å². The molecule has 0 aromatic heterocycles. The Kier molecular flexibility index (Phi) is 5.02. The van der Waals surface area contributed by atoms with E-state index in [1.54, 1.807) is 6.92 Å².